The van der Waals surface area contributed by atoms with Crippen molar-refractivity contribution in [3.63, 3.8) is 0 Å². The van der Waals surface area contributed by atoms with Gasteiger partial charge in [-0.15, -0.1) is 0 Å². The second-order valence-electron chi connectivity index (χ2n) is 4.72. The summed E-state index contributed by atoms with van der Waals surface area (Å²) in [5.41, 5.74) is 0. The fourth-order valence-electron chi connectivity index (χ4n) is 1.95. The molecule has 0 heterocycles. The molecule has 0 saturated heterocycles. The molecule has 0 rings (SSSR count). The number of hydrogen-bond acceptors (Lipinski definition) is 5. The van der Waals surface area contributed by atoms with Gasteiger partial charge in [-0.25, -0.2) is 0 Å². The first kappa shape index (κ1) is 19.2. The van der Waals surface area contributed by atoms with Crippen molar-refractivity contribution in [1.29, 1.82) is 0 Å². The van der Waals surface area contributed by atoms with E-state index in [0.717, 1.165) is 12.1 Å². The van der Waals surface area contributed by atoms with Crippen LogP contribution >= 0.6 is 0 Å². The molecule has 2 unspecified atom stereocenters. The van der Waals surface area contributed by atoms with Gasteiger partial charge in [-0.1, -0.05) is 0 Å². The summed E-state index contributed by atoms with van der Waals surface area (Å²) >= 11 is 0. The van der Waals surface area contributed by atoms with E-state index in [1.54, 1.807) is 14.2 Å². The molecule has 0 aliphatic carbocycles. The first-order valence-electron chi connectivity index (χ1n) is 6.91. The normalized spacial score (nSPS) is 18.0. The van der Waals surface area contributed by atoms with Crippen molar-refractivity contribution in [2.24, 2.45) is 0 Å². The summed E-state index contributed by atoms with van der Waals surface area (Å²) in [5.74, 6) is 0. The third-order valence-electron chi connectivity index (χ3n) is 2.85. The van der Waals surface area contributed by atoms with Crippen molar-refractivity contribution in [2.45, 2.75) is 39.0 Å². The van der Waals surface area contributed by atoms with Crippen LogP contribution in [-0.2, 0) is 22.4 Å². The SMILES string of the molecule is CCO[Si](C)(CCOC)O[Si](C)(CCOC)OCC. The van der Waals surface area contributed by atoms with Gasteiger partial charge in [-0.3, -0.25) is 0 Å². The minimum atomic E-state index is -2.24. The summed E-state index contributed by atoms with van der Waals surface area (Å²) < 4.78 is 28.5. The van der Waals surface area contributed by atoms with Crippen LogP contribution in [0.15, 0.2) is 0 Å². The average Bonchev–Trinajstić information content (AvgIpc) is 2.34. The lowest BCUT2D eigenvalue weighted by Crippen LogP contribution is -2.53. The largest absolute Gasteiger partial charge is 0.415 e. The van der Waals surface area contributed by atoms with Crippen LogP contribution in [0.1, 0.15) is 13.8 Å². The van der Waals surface area contributed by atoms with Crippen LogP contribution in [0.5, 0.6) is 0 Å². The molecule has 0 N–H and O–H groups in total. The molecule has 0 spiro atoms. The van der Waals surface area contributed by atoms with Crippen molar-refractivity contribution in [3.8, 4) is 0 Å². The van der Waals surface area contributed by atoms with Crippen LogP contribution in [0.3, 0.4) is 0 Å². The fraction of sp³-hybridized carbons (Fsp3) is 1.00. The zero-order valence-corrected chi connectivity index (χ0v) is 15.3. The summed E-state index contributed by atoms with van der Waals surface area (Å²) in [6.45, 7) is 10.8. The highest BCUT2D eigenvalue weighted by Gasteiger charge is 2.42. The Bertz CT molecular complexity index is 210. The van der Waals surface area contributed by atoms with E-state index in [2.05, 4.69) is 13.1 Å². The van der Waals surface area contributed by atoms with Gasteiger partial charge >= 0.3 is 17.1 Å². The number of methoxy groups -OCH3 is 2. The predicted molar refractivity (Wildman–Crippen MR) is 80.9 cm³/mol. The monoisotopic (exact) mass is 310 g/mol. The Morgan fingerprint density at radius 3 is 1.37 bits per heavy atom. The molecule has 0 fully saturated rings. The van der Waals surface area contributed by atoms with Crippen molar-refractivity contribution in [2.75, 3.05) is 40.6 Å². The Labute approximate surface area is 120 Å². The zero-order chi connectivity index (χ0) is 14.8. The maximum atomic E-state index is 6.38. The maximum absolute atomic E-state index is 6.38. The van der Waals surface area contributed by atoms with Crippen LogP contribution < -0.4 is 0 Å². The van der Waals surface area contributed by atoms with E-state index in [1.165, 1.54) is 0 Å². The molecule has 0 radical (unpaired) electrons. The van der Waals surface area contributed by atoms with E-state index in [9.17, 15) is 0 Å². The lowest BCUT2D eigenvalue weighted by molar-refractivity contribution is 0.164. The molecular weight excluding hydrogens is 280 g/mol. The van der Waals surface area contributed by atoms with Gasteiger partial charge in [0.2, 0.25) is 0 Å². The van der Waals surface area contributed by atoms with Crippen molar-refractivity contribution >= 4 is 17.1 Å². The second-order valence-corrected chi connectivity index (χ2v) is 11.7. The predicted octanol–water partition coefficient (Wildman–Crippen LogP) is 2.51. The van der Waals surface area contributed by atoms with Gasteiger partial charge in [-0.2, -0.15) is 0 Å². The zero-order valence-electron chi connectivity index (χ0n) is 13.3. The third-order valence-corrected chi connectivity index (χ3v) is 10.3. The lowest BCUT2D eigenvalue weighted by Gasteiger charge is -2.36. The summed E-state index contributed by atoms with van der Waals surface area (Å²) in [5, 5.41) is 0. The number of hydrogen-bond donors (Lipinski definition) is 0. The molecule has 0 aromatic heterocycles. The Morgan fingerprint density at radius 1 is 0.737 bits per heavy atom. The Kier molecular flexibility index (Phi) is 10.2. The van der Waals surface area contributed by atoms with Gasteiger partial charge in [0.15, 0.2) is 0 Å². The van der Waals surface area contributed by atoms with Crippen LogP contribution in [-0.4, -0.2) is 57.8 Å². The van der Waals surface area contributed by atoms with Gasteiger partial charge < -0.3 is 22.4 Å². The molecule has 5 nitrogen and oxygen atoms in total. The van der Waals surface area contributed by atoms with Crippen LogP contribution in [0, 0.1) is 0 Å². The standard InChI is InChI=1S/C12H30O5Si2/c1-7-15-18(5,11-9-13-3)17-19(6,16-8-2)12-10-14-4/h7-12H2,1-6H3. The van der Waals surface area contributed by atoms with Crippen molar-refractivity contribution in [3.05, 3.63) is 0 Å². The maximum Gasteiger partial charge on any atom is 0.328 e. The lowest BCUT2D eigenvalue weighted by atomic mass is 10.9. The molecule has 2 atom stereocenters. The molecular formula is C12H30O5Si2. The highest BCUT2D eigenvalue weighted by atomic mass is 28.5. The van der Waals surface area contributed by atoms with Gasteiger partial charge in [-0.05, 0) is 26.9 Å². The minimum Gasteiger partial charge on any atom is -0.415 e. The van der Waals surface area contributed by atoms with Crippen LogP contribution in [0.25, 0.3) is 0 Å². The third kappa shape index (κ3) is 8.18. The van der Waals surface area contributed by atoms with Crippen LogP contribution in [0.2, 0.25) is 25.2 Å². The minimum absolute atomic E-state index is 0.656. The van der Waals surface area contributed by atoms with Crippen molar-refractivity contribution in [1.82, 2.24) is 0 Å². The van der Waals surface area contributed by atoms with E-state index >= 15 is 0 Å². The Hall–Kier alpha value is 0.234. The first-order chi connectivity index (χ1) is 8.95. The smallest absolute Gasteiger partial charge is 0.328 e. The van der Waals surface area contributed by atoms with E-state index < -0.39 is 17.1 Å². The average molecular weight is 311 g/mol. The molecule has 0 aromatic carbocycles. The summed E-state index contributed by atoms with van der Waals surface area (Å²) in [6.07, 6.45) is 0. The molecule has 0 amide bonds. The molecule has 0 aliphatic rings. The molecule has 0 saturated carbocycles. The Morgan fingerprint density at radius 2 is 1.11 bits per heavy atom. The molecule has 7 heteroatoms. The van der Waals surface area contributed by atoms with E-state index in [0.29, 0.717) is 26.4 Å². The molecule has 0 aromatic rings. The molecule has 19 heavy (non-hydrogen) atoms. The number of rotatable bonds is 12. The molecule has 116 valence electrons. The van der Waals surface area contributed by atoms with E-state index in [4.69, 9.17) is 22.4 Å². The van der Waals surface area contributed by atoms with Gasteiger partial charge in [0.1, 0.15) is 0 Å². The molecule has 0 aliphatic heterocycles. The second kappa shape index (κ2) is 10.0. The summed E-state index contributed by atoms with van der Waals surface area (Å²) in [7, 11) is -1.08. The quantitative estimate of drug-likeness (QED) is 0.518. The summed E-state index contributed by atoms with van der Waals surface area (Å²) in [6, 6.07) is 1.64. The summed E-state index contributed by atoms with van der Waals surface area (Å²) in [4.78, 5) is 0. The fourth-order valence-corrected chi connectivity index (χ4v) is 9.55. The Balaban J connectivity index is 4.70. The molecule has 0 bridgehead atoms. The van der Waals surface area contributed by atoms with Crippen molar-refractivity contribution < 1.29 is 22.4 Å². The topological polar surface area (TPSA) is 46.2 Å². The van der Waals surface area contributed by atoms with Gasteiger partial charge in [0, 0.05) is 52.7 Å². The van der Waals surface area contributed by atoms with E-state index in [1.807, 2.05) is 13.8 Å². The number of ether oxygens (including phenoxy) is 2. The van der Waals surface area contributed by atoms with E-state index in [-0.39, 0.29) is 0 Å². The highest BCUT2D eigenvalue weighted by Crippen LogP contribution is 2.23. The first-order valence-corrected chi connectivity index (χ1v) is 12.0. The van der Waals surface area contributed by atoms with Crippen LogP contribution in [0.4, 0.5) is 0 Å². The highest BCUT2D eigenvalue weighted by molar-refractivity contribution is 6.80. The van der Waals surface area contributed by atoms with Gasteiger partial charge in [0.25, 0.3) is 0 Å². The van der Waals surface area contributed by atoms with Gasteiger partial charge in [0.05, 0.1) is 0 Å².